The molecular formula is C38H24N6. The maximum absolute atomic E-state index is 5.11. The lowest BCUT2D eigenvalue weighted by atomic mass is 9.99. The highest BCUT2D eigenvalue weighted by Gasteiger charge is 2.23. The molecule has 0 aliphatic carbocycles. The molecule has 206 valence electrons. The third-order valence-electron chi connectivity index (χ3n) is 8.34. The number of rotatable bonds is 4. The van der Waals surface area contributed by atoms with Crippen LogP contribution in [0, 0.1) is 0 Å². The maximum atomic E-state index is 5.11. The molecule has 0 radical (unpaired) electrons. The molecule has 0 spiro atoms. The molecule has 0 aliphatic heterocycles. The molecule has 0 N–H and O–H groups in total. The van der Waals surface area contributed by atoms with E-state index in [4.69, 9.17) is 9.97 Å². The Morgan fingerprint density at radius 3 is 1.80 bits per heavy atom. The summed E-state index contributed by atoms with van der Waals surface area (Å²) >= 11 is 0. The van der Waals surface area contributed by atoms with Gasteiger partial charge in [-0.1, -0.05) is 48.5 Å². The van der Waals surface area contributed by atoms with Gasteiger partial charge in [-0.3, -0.25) is 19.9 Å². The third-order valence-corrected chi connectivity index (χ3v) is 8.34. The molecule has 6 heteroatoms. The SMILES string of the molecule is c1ccc(-n2c3cccnc3c3cnc4c5ccccc5n(-c5cc(-c6cccnc6)cc(-c6cccnc6)c5)c4c32)cc1. The summed E-state index contributed by atoms with van der Waals surface area (Å²) in [6.07, 6.45) is 11.3. The van der Waals surface area contributed by atoms with Crippen LogP contribution >= 0.6 is 0 Å². The summed E-state index contributed by atoms with van der Waals surface area (Å²) in [5.41, 5.74) is 12.5. The van der Waals surface area contributed by atoms with Crippen molar-refractivity contribution in [3.05, 3.63) is 146 Å². The zero-order chi connectivity index (χ0) is 29.0. The first-order chi connectivity index (χ1) is 21.8. The summed E-state index contributed by atoms with van der Waals surface area (Å²) in [6.45, 7) is 0. The third kappa shape index (κ3) is 3.68. The summed E-state index contributed by atoms with van der Waals surface area (Å²) in [7, 11) is 0. The molecule has 3 aromatic carbocycles. The Bertz CT molecular complexity index is 2420. The average molecular weight is 565 g/mol. The van der Waals surface area contributed by atoms with Crippen molar-refractivity contribution in [2.24, 2.45) is 0 Å². The van der Waals surface area contributed by atoms with Crippen LogP contribution in [-0.2, 0) is 0 Å². The van der Waals surface area contributed by atoms with Crippen molar-refractivity contribution < 1.29 is 0 Å². The number of benzene rings is 3. The number of fused-ring (bicyclic) bond motifs is 7. The van der Waals surface area contributed by atoms with E-state index in [9.17, 15) is 0 Å². The van der Waals surface area contributed by atoms with Crippen molar-refractivity contribution in [1.29, 1.82) is 0 Å². The Kier molecular flexibility index (Phi) is 5.40. The fourth-order valence-electron chi connectivity index (χ4n) is 6.45. The van der Waals surface area contributed by atoms with Gasteiger partial charge in [0.1, 0.15) is 0 Å². The smallest absolute Gasteiger partial charge is 0.0985 e. The highest BCUT2D eigenvalue weighted by atomic mass is 15.1. The van der Waals surface area contributed by atoms with Gasteiger partial charge in [-0.15, -0.1) is 0 Å². The Hall–Kier alpha value is -6.14. The molecule has 0 saturated heterocycles. The lowest BCUT2D eigenvalue weighted by Gasteiger charge is -2.15. The second-order valence-corrected chi connectivity index (χ2v) is 10.9. The van der Waals surface area contributed by atoms with Crippen molar-refractivity contribution in [1.82, 2.24) is 29.1 Å². The normalized spacial score (nSPS) is 11.6. The first-order valence-corrected chi connectivity index (χ1v) is 14.5. The van der Waals surface area contributed by atoms with Gasteiger partial charge in [0.25, 0.3) is 0 Å². The number of hydrogen-bond donors (Lipinski definition) is 0. The summed E-state index contributed by atoms with van der Waals surface area (Å²) in [5, 5.41) is 2.11. The molecule has 44 heavy (non-hydrogen) atoms. The number of pyridine rings is 4. The minimum Gasteiger partial charge on any atom is -0.306 e. The van der Waals surface area contributed by atoms with Gasteiger partial charge >= 0.3 is 0 Å². The molecule has 0 atom stereocenters. The first-order valence-electron chi connectivity index (χ1n) is 14.5. The highest BCUT2D eigenvalue weighted by molar-refractivity contribution is 6.21. The highest BCUT2D eigenvalue weighted by Crippen LogP contribution is 2.41. The molecule has 6 nitrogen and oxygen atoms in total. The van der Waals surface area contributed by atoms with E-state index in [1.165, 1.54) is 0 Å². The number of para-hydroxylation sites is 2. The monoisotopic (exact) mass is 564 g/mol. The molecule has 9 rings (SSSR count). The number of aromatic nitrogens is 6. The van der Waals surface area contributed by atoms with Crippen LogP contribution in [0.2, 0.25) is 0 Å². The average Bonchev–Trinajstić information content (AvgIpc) is 3.62. The van der Waals surface area contributed by atoms with Crippen LogP contribution in [0.25, 0.3) is 77.5 Å². The lowest BCUT2D eigenvalue weighted by molar-refractivity contribution is 1.14. The van der Waals surface area contributed by atoms with Gasteiger partial charge in [-0.25, -0.2) is 0 Å². The van der Waals surface area contributed by atoms with Crippen LogP contribution < -0.4 is 0 Å². The number of nitrogens with zero attached hydrogens (tertiary/aromatic N) is 6. The van der Waals surface area contributed by atoms with Gasteiger partial charge < -0.3 is 9.13 Å². The molecule has 0 bridgehead atoms. The lowest BCUT2D eigenvalue weighted by Crippen LogP contribution is -2.00. The van der Waals surface area contributed by atoms with Gasteiger partial charge in [0.2, 0.25) is 0 Å². The number of hydrogen-bond acceptors (Lipinski definition) is 4. The second-order valence-electron chi connectivity index (χ2n) is 10.9. The first kappa shape index (κ1) is 24.5. The van der Waals surface area contributed by atoms with Gasteiger partial charge in [0.05, 0.1) is 33.1 Å². The van der Waals surface area contributed by atoms with Gasteiger partial charge in [0, 0.05) is 70.5 Å². The largest absolute Gasteiger partial charge is 0.306 e. The van der Waals surface area contributed by atoms with Crippen molar-refractivity contribution in [3.63, 3.8) is 0 Å². The zero-order valence-electron chi connectivity index (χ0n) is 23.5. The van der Waals surface area contributed by atoms with Gasteiger partial charge in [-0.2, -0.15) is 0 Å². The second kappa shape index (κ2) is 9.71. The molecule has 6 aromatic heterocycles. The predicted octanol–water partition coefficient (Wildman–Crippen LogP) is 8.79. The predicted molar refractivity (Wildman–Crippen MR) is 177 cm³/mol. The quantitative estimate of drug-likeness (QED) is 0.214. The Balaban J connectivity index is 1.48. The van der Waals surface area contributed by atoms with Crippen LogP contribution in [0.4, 0.5) is 0 Å². The van der Waals surface area contributed by atoms with E-state index in [2.05, 4.69) is 104 Å². The van der Waals surface area contributed by atoms with E-state index < -0.39 is 0 Å². The van der Waals surface area contributed by atoms with Crippen LogP contribution in [0.15, 0.2) is 146 Å². The summed E-state index contributed by atoms with van der Waals surface area (Å²) in [4.78, 5) is 18.8. The van der Waals surface area contributed by atoms with Crippen LogP contribution in [0.3, 0.4) is 0 Å². The fourth-order valence-corrected chi connectivity index (χ4v) is 6.45. The van der Waals surface area contributed by atoms with E-state index in [1.54, 1.807) is 12.4 Å². The Labute approximate surface area is 252 Å². The maximum Gasteiger partial charge on any atom is 0.0985 e. The van der Waals surface area contributed by atoms with Crippen LogP contribution in [0.5, 0.6) is 0 Å². The minimum absolute atomic E-state index is 0.928. The molecule has 6 heterocycles. The van der Waals surface area contributed by atoms with Crippen molar-refractivity contribution in [2.75, 3.05) is 0 Å². The van der Waals surface area contributed by atoms with Crippen molar-refractivity contribution >= 4 is 43.9 Å². The minimum atomic E-state index is 0.928. The topological polar surface area (TPSA) is 61.4 Å². The standard InChI is InChI=1S/C38H24N6/c1-2-11-29(12-3-1)43-34-15-8-18-41-35(34)32-24-42-36-31-13-4-5-14-33(31)44(38(36)37(32)43)30-20-27(25-9-6-16-39-22-25)19-28(21-30)26-10-7-17-40-23-26/h1-24H. The van der Waals surface area contributed by atoms with E-state index >= 15 is 0 Å². The van der Waals surface area contributed by atoms with E-state index in [0.717, 1.165) is 77.5 Å². The van der Waals surface area contributed by atoms with Crippen molar-refractivity contribution in [2.45, 2.75) is 0 Å². The molecule has 0 fully saturated rings. The summed E-state index contributed by atoms with van der Waals surface area (Å²) in [6, 6.07) is 38.0. The molecule has 0 amide bonds. The molecule has 0 saturated carbocycles. The Morgan fingerprint density at radius 1 is 0.409 bits per heavy atom. The molecule has 0 aliphatic rings. The molecule has 9 aromatic rings. The van der Waals surface area contributed by atoms with E-state index in [1.807, 2.05) is 49.1 Å². The van der Waals surface area contributed by atoms with E-state index in [-0.39, 0.29) is 0 Å². The summed E-state index contributed by atoms with van der Waals surface area (Å²) in [5.74, 6) is 0. The zero-order valence-corrected chi connectivity index (χ0v) is 23.5. The van der Waals surface area contributed by atoms with Gasteiger partial charge in [-0.05, 0) is 71.8 Å². The molecular weight excluding hydrogens is 540 g/mol. The Morgan fingerprint density at radius 2 is 1.07 bits per heavy atom. The van der Waals surface area contributed by atoms with Crippen LogP contribution in [0.1, 0.15) is 0 Å². The molecule has 0 unspecified atom stereocenters. The summed E-state index contributed by atoms with van der Waals surface area (Å²) < 4.78 is 4.68. The van der Waals surface area contributed by atoms with E-state index in [0.29, 0.717) is 0 Å². The van der Waals surface area contributed by atoms with Crippen LogP contribution in [-0.4, -0.2) is 29.1 Å². The fraction of sp³-hybridized carbons (Fsp3) is 0. The van der Waals surface area contributed by atoms with Gasteiger partial charge in [0.15, 0.2) is 0 Å². The van der Waals surface area contributed by atoms with Crippen molar-refractivity contribution in [3.8, 4) is 33.6 Å².